The van der Waals surface area contributed by atoms with E-state index in [1.807, 2.05) is 21.1 Å². The number of unbranched alkanes of at least 4 members (excludes halogenated alkanes) is 36. The Kier molecular flexibility index (Phi) is 68.9. The molecule has 1 N–H and O–H groups in total. The zero-order chi connectivity index (χ0) is 66.9. The second kappa shape index (κ2) is 71.7. The smallest absolute Gasteiger partial charge is 0.462 e. The highest BCUT2D eigenvalue weighted by molar-refractivity contribution is 7.47. The molecule has 0 saturated carbocycles. The van der Waals surface area contributed by atoms with E-state index in [-0.39, 0.29) is 32.0 Å². The SMILES string of the molecule is CC/C=C\C/C=C\C/C=C\C/C=C\C/C=C\C/C=C\C/C=C\CCCCCCCCCCCCCCCCCCCC(=O)OC(COC(=O)CCCCCCCCCCCCCCCC/C=C\C/C=C\C/C=C\CCCCCCC)COP(=O)(O)OCC[N+](C)(C)C. The van der Waals surface area contributed by atoms with Crippen LogP contribution in [0.3, 0.4) is 0 Å². The third kappa shape index (κ3) is 75.4. The van der Waals surface area contributed by atoms with Gasteiger partial charge in [-0.2, -0.15) is 0 Å². The number of nitrogens with zero attached hydrogens (tertiary/aromatic N) is 1. The van der Waals surface area contributed by atoms with Crippen LogP contribution in [-0.2, 0) is 32.7 Å². The minimum absolute atomic E-state index is 0.0290. The van der Waals surface area contributed by atoms with Crippen LogP contribution in [0.25, 0.3) is 0 Å². The average Bonchev–Trinajstić information content (AvgIpc) is 2.14. The molecule has 0 aromatic heterocycles. The monoisotopic (exact) mass is 1300 g/mol. The molecule has 0 radical (unpaired) electrons. The lowest BCUT2D eigenvalue weighted by Crippen LogP contribution is -2.37. The van der Waals surface area contributed by atoms with Gasteiger partial charge in [-0.25, -0.2) is 4.57 Å². The van der Waals surface area contributed by atoms with Crippen LogP contribution in [0.4, 0.5) is 0 Å². The van der Waals surface area contributed by atoms with Gasteiger partial charge in [0.05, 0.1) is 27.7 Å². The van der Waals surface area contributed by atoms with Crippen molar-refractivity contribution in [1.82, 2.24) is 0 Å². The summed E-state index contributed by atoms with van der Waals surface area (Å²) in [5.74, 6) is -0.789. The van der Waals surface area contributed by atoms with Crippen molar-refractivity contribution in [3.05, 3.63) is 122 Å². The Morgan fingerprint density at radius 3 is 0.924 bits per heavy atom. The molecule has 0 spiro atoms. The molecule has 0 aromatic carbocycles. The molecule has 0 aliphatic rings. The number of hydrogen-bond donors (Lipinski definition) is 1. The number of esters is 2. The van der Waals surface area contributed by atoms with Crippen LogP contribution in [-0.4, -0.2) is 74.9 Å². The molecule has 0 saturated heterocycles. The van der Waals surface area contributed by atoms with E-state index in [0.717, 1.165) is 89.9 Å². The van der Waals surface area contributed by atoms with E-state index >= 15 is 0 Å². The first-order valence-electron chi connectivity index (χ1n) is 38.3. The topological polar surface area (TPSA) is 108 Å². The number of carbonyl (C=O) groups excluding carboxylic acids is 2. The number of allylic oxidation sites excluding steroid dienone is 20. The standard InChI is InChI=1S/C82H144NO8P/c1-6-8-10-12-14-16-18-20-22-24-26-28-30-32-34-36-37-38-39-40-41-42-43-44-45-47-49-51-53-55-57-59-61-63-65-67-69-71-73-75-82(85)91-80(79-90-92(86,87)89-77-76-83(3,4)5)78-88-81(84)74-72-70-68-66-64-62-60-58-56-54-52-50-48-46-35-33-31-29-27-25-23-21-19-17-15-13-11-9-7-2/h8,10,14,16,19-22,25-28,31-34,37-38,40-41,80H,6-7,9,11-13,15,17-18,23-24,29-30,35-36,39,42-79H2,1-5H3/p+1/b10-8-,16-14-,21-19-,22-20-,27-25-,28-26-,33-31-,34-32-,38-37-,41-40-. The van der Waals surface area contributed by atoms with Gasteiger partial charge in [0.2, 0.25) is 0 Å². The van der Waals surface area contributed by atoms with Gasteiger partial charge in [0, 0.05) is 12.8 Å². The lowest BCUT2D eigenvalue weighted by Gasteiger charge is -2.24. The van der Waals surface area contributed by atoms with E-state index < -0.39 is 26.5 Å². The number of hydrogen-bond acceptors (Lipinski definition) is 7. The molecule has 0 fully saturated rings. The fourth-order valence-electron chi connectivity index (χ4n) is 10.7. The van der Waals surface area contributed by atoms with E-state index in [1.54, 1.807) is 0 Å². The number of phosphoric acid groups is 1. The molecule has 2 atom stereocenters. The molecular weight excluding hydrogens is 1160 g/mol. The first-order valence-corrected chi connectivity index (χ1v) is 39.8. The van der Waals surface area contributed by atoms with Gasteiger partial charge >= 0.3 is 19.8 Å². The van der Waals surface area contributed by atoms with Crippen molar-refractivity contribution >= 4 is 19.8 Å². The summed E-state index contributed by atoms with van der Waals surface area (Å²) in [6.07, 6.45) is 103. The molecular formula is C82H145NO8P+. The second-order valence-corrected chi connectivity index (χ2v) is 28.1. The lowest BCUT2D eigenvalue weighted by molar-refractivity contribution is -0.870. The van der Waals surface area contributed by atoms with Crippen LogP contribution in [0, 0.1) is 0 Å². The third-order valence-corrected chi connectivity index (χ3v) is 17.5. The minimum Gasteiger partial charge on any atom is -0.462 e. The van der Waals surface area contributed by atoms with E-state index in [9.17, 15) is 19.0 Å². The molecule has 92 heavy (non-hydrogen) atoms. The summed E-state index contributed by atoms with van der Waals surface area (Å²) in [5, 5.41) is 0. The zero-order valence-electron chi connectivity index (χ0n) is 60.5. The first kappa shape index (κ1) is 88.4. The van der Waals surface area contributed by atoms with Gasteiger partial charge in [-0.3, -0.25) is 18.6 Å². The van der Waals surface area contributed by atoms with Crippen LogP contribution in [0.5, 0.6) is 0 Å². The molecule has 0 rings (SSSR count). The summed E-state index contributed by atoms with van der Waals surface area (Å²) < 4.78 is 34.8. The van der Waals surface area contributed by atoms with E-state index in [1.165, 1.54) is 212 Å². The van der Waals surface area contributed by atoms with E-state index in [4.69, 9.17) is 18.5 Å². The molecule has 0 bridgehead atoms. The molecule has 2 unspecified atom stereocenters. The largest absolute Gasteiger partial charge is 0.472 e. The maximum atomic E-state index is 12.9. The third-order valence-electron chi connectivity index (χ3n) is 16.5. The molecule has 530 valence electrons. The zero-order valence-corrected chi connectivity index (χ0v) is 61.4. The highest BCUT2D eigenvalue weighted by atomic mass is 31.2. The van der Waals surface area contributed by atoms with Crippen LogP contribution >= 0.6 is 7.82 Å². The van der Waals surface area contributed by atoms with Crippen molar-refractivity contribution in [2.24, 2.45) is 0 Å². The lowest BCUT2D eigenvalue weighted by atomic mass is 10.0. The minimum atomic E-state index is -4.40. The number of likely N-dealkylation sites (N-methyl/N-ethyl adjacent to an activating group) is 1. The maximum absolute atomic E-state index is 12.9. The van der Waals surface area contributed by atoms with Gasteiger partial charge in [0.15, 0.2) is 6.10 Å². The number of quaternary nitrogens is 1. The first-order chi connectivity index (χ1) is 45.0. The number of carbonyl (C=O) groups is 2. The van der Waals surface area contributed by atoms with Crippen molar-refractivity contribution in [2.75, 3.05) is 47.5 Å². The Hall–Kier alpha value is -3.59. The van der Waals surface area contributed by atoms with Gasteiger partial charge in [-0.05, 0) is 109 Å². The normalized spacial score (nSPS) is 13.8. The highest BCUT2D eigenvalue weighted by Crippen LogP contribution is 2.43. The van der Waals surface area contributed by atoms with Crippen molar-refractivity contribution in [3.8, 4) is 0 Å². The Bertz CT molecular complexity index is 1970. The molecule has 10 heteroatoms. The Balaban J connectivity index is 4.00. The molecule has 9 nitrogen and oxygen atoms in total. The maximum Gasteiger partial charge on any atom is 0.472 e. The number of ether oxygens (including phenoxy) is 2. The Morgan fingerprint density at radius 1 is 0.348 bits per heavy atom. The van der Waals surface area contributed by atoms with Gasteiger partial charge in [-0.15, -0.1) is 0 Å². The predicted octanol–water partition coefficient (Wildman–Crippen LogP) is 25.4. The van der Waals surface area contributed by atoms with E-state index in [2.05, 4.69) is 135 Å². The number of rotatable bonds is 70. The van der Waals surface area contributed by atoms with Crippen LogP contribution in [0.15, 0.2) is 122 Å². The van der Waals surface area contributed by atoms with Crippen molar-refractivity contribution in [3.63, 3.8) is 0 Å². The summed E-state index contributed by atoms with van der Waals surface area (Å²) in [6.45, 7) is 4.34. The molecule has 0 aromatic rings. The molecule has 0 aliphatic heterocycles. The summed E-state index contributed by atoms with van der Waals surface area (Å²) in [7, 11) is 1.48. The predicted molar refractivity (Wildman–Crippen MR) is 399 cm³/mol. The van der Waals surface area contributed by atoms with Crippen LogP contribution in [0.1, 0.15) is 335 Å². The Labute approximate surface area is 568 Å². The fourth-order valence-corrected chi connectivity index (χ4v) is 11.4. The summed E-state index contributed by atoms with van der Waals surface area (Å²) >= 11 is 0. The average molecular weight is 1300 g/mol. The summed E-state index contributed by atoms with van der Waals surface area (Å²) in [5.41, 5.74) is 0. The van der Waals surface area contributed by atoms with Gasteiger partial charge in [0.1, 0.15) is 19.8 Å². The second-order valence-electron chi connectivity index (χ2n) is 26.7. The molecule has 0 heterocycles. The fraction of sp³-hybridized carbons (Fsp3) is 0.732. The van der Waals surface area contributed by atoms with E-state index in [0.29, 0.717) is 17.4 Å². The van der Waals surface area contributed by atoms with Crippen molar-refractivity contribution < 1.29 is 42.1 Å². The Morgan fingerprint density at radius 2 is 0.620 bits per heavy atom. The van der Waals surface area contributed by atoms with Gasteiger partial charge < -0.3 is 18.9 Å². The van der Waals surface area contributed by atoms with Gasteiger partial charge in [-0.1, -0.05) is 334 Å². The summed E-state index contributed by atoms with van der Waals surface area (Å²) in [6, 6.07) is 0. The number of phosphoric ester groups is 1. The van der Waals surface area contributed by atoms with Crippen molar-refractivity contribution in [2.45, 2.75) is 341 Å². The molecule has 0 aliphatic carbocycles. The quantitative estimate of drug-likeness (QED) is 0.0211. The molecule has 0 amide bonds. The highest BCUT2D eigenvalue weighted by Gasteiger charge is 2.27. The van der Waals surface area contributed by atoms with Gasteiger partial charge in [0.25, 0.3) is 0 Å². The van der Waals surface area contributed by atoms with Crippen LogP contribution < -0.4 is 0 Å². The van der Waals surface area contributed by atoms with Crippen LogP contribution in [0.2, 0.25) is 0 Å². The summed E-state index contributed by atoms with van der Waals surface area (Å²) in [4.78, 5) is 36.0. The van der Waals surface area contributed by atoms with Crippen molar-refractivity contribution in [1.29, 1.82) is 0 Å².